The van der Waals surface area contributed by atoms with Crippen LogP contribution in [-0.4, -0.2) is 26.4 Å². The van der Waals surface area contributed by atoms with Crippen LogP contribution in [0.2, 0.25) is 0 Å². The summed E-state index contributed by atoms with van der Waals surface area (Å²) in [6.45, 7) is 6.23. The van der Waals surface area contributed by atoms with E-state index in [-0.39, 0.29) is 0 Å². The second kappa shape index (κ2) is 9.80. The van der Waals surface area contributed by atoms with Crippen molar-refractivity contribution >= 4 is 0 Å². The van der Waals surface area contributed by atoms with E-state index in [1.165, 1.54) is 37.7 Å². The van der Waals surface area contributed by atoms with E-state index >= 15 is 0 Å². The molecule has 3 nitrogen and oxygen atoms in total. The number of hydrogen-bond donors (Lipinski definition) is 1. The maximum atomic E-state index is 5.76. The van der Waals surface area contributed by atoms with Crippen molar-refractivity contribution < 1.29 is 9.47 Å². The van der Waals surface area contributed by atoms with Gasteiger partial charge in [0.1, 0.15) is 12.4 Å². The van der Waals surface area contributed by atoms with Crippen LogP contribution in [0.25, 0.3) is 0 Å². The van der Waals surface area contributed by atoms with Crippen molar-refractivity contribution in [3.05, 3.63) is 29.8 Å². The molecule has 1 saturated carbocycles. The molecule has 3 heteroatoms. The van der Waals surface area contributed by atoms with Crippen molar-refractivity contribution in [2.45, 2.75) is 45.6 Å². The molecule has 0 spiro atoms. The first-order valence-corrected chi connectivity index (χ1v) is 8.38. The van der Waals surface area contributed by atoms with Gasteiger partial charge in [0.05, 0.1) is 6.61 Å². The molecule has 0 unspecified atom stereocenters. The standard InChI is InChI=1S/C18H29NO2/c1-2-19-14-17-9-6-10-18(13-17)21-12-11-20-15-16-7-4-3-5-8-16/h6,9-10,13,16,19H,2-5,7-8,11-12,14-15H2,1H3. The molecule has 0 amide bonds. The third-order valence-electron chi connectivity index (χ3n) is 4.05. The molecule has 1 fully saturated rings. The van der Waals surface area contributed by atoms with Gasteiger partial charge in [0.15, 0.2) is 0 Å². The maximum Gasteiger partial charge on any atom is 0.119 e. The summed E-state index contributed by atoms with van der Waals surface area (Å²) in [5, 5.41) is 3.32. The minimum Gasteiger partial charge on any atom is -0.491 e. The topological polar surface area (TPSA) is 30.5 Å². The number of nitrogens with one attached hydrogen (secondary N) is 1. The zero-order valence-electron chi connectivity index (χ0n) is 13.3. The summed E-state index contributed by atoms with van der Waals surface area (Å²) in [6.07, 6.45) is 6.84. The Hall–Kier alpha value is -1.06. The first-order chi connectivity index (χ1) is 10.4. The molecule has 1 aromatic carbocycles. The van der Waals surface area contributed by atoms with Gasteiger partial charge >= 0.3 is 0 Å². The van der Waals surface area contributed by atoms with E-state index in [0.717, 1.165) is 31.4 Å². The van der Waals surface area contributed by atoms with Crippen LogP contribution in [-0.2, 0) is 11.3 Å². The Labute approximate surface area is 129 Å². The van der Waals surface area contributed by atoms with Crippen molar-refractivity contribution in [2.75, 3.05) is 26.4 Å². The van der Waals surface area contributed by atoms with Crippen molar-refractivity contribution in [3.8, 4) is 5.75 Å². The van der Waals surface area contributed by atoms with E-state index < -0.39 is 0 Å². The van der Waals surface area contributed by atoms with Gasteiger partial charge in [-0.2, -0.15) is 0 Å². The fourth-order valence-corrected chi connectivity index (χ4v) is 2.84. The van der Waals surface area contributed by atoms with Crippen molar-refractivity contribution in [3.63, 3.8) is 0 Å². The van der Waals surface area contributed by atoms with Crippen molar-refractivity contribution in [1.29, 1.82) is 0 Å². The van der Waals surface area contributed by atoms with Gasteiger partial charge < -0.3 is 14.8 Å². The molecule has 0 heterocycles. The van der Waals surface area contributed by atoms with Crippen molar-refractivity contribution in [2.24, 2.45) is 5.92 Å². The molecule has 0 atom stereocenters. The maximum absolute atomic E-state index is 5.76. The van der Waals surface area contributed by atoms with Crippen LogP contribution in [0.3, 0.4) is 0 Å². The Kier molecular flexibility index (Phi) is 7.61. The van der Waals surface area contributed by atoms with E-state index in [1.54, 1.807) is 0 Å². The minimum absolute atomic E-state index is 0.636. The lowest BCUT2D eigenvalue weighted by molar-refractivity contribution is 0.0635. The Balaban J connectivity index is 1.59. The molecular formula is C18H29NO2. The summed E-state index contributed by atoms with van der Waals surface area (Å²) in [7, 11) is 0. The summed E-state index contributed by atoms with van der Waals surface area (Å²) in [6, 6.07) is 8.28. The predicted molar refractivity (Wildman–Crippen MR) is 86.7 cm³/mol. The first-order valence-electron chi connectivity index (χ1n) is 8.38. The average Bonchev–Trinajstić information content (AvgIpc) is 2.54. The van der Waals surface area contributed by atoms with E-state index in [9.17, 15) is 0 Å². The normalized spacial score (nSPS) is 16.0. The highest BCUT2D eigenvalue weighted by molar-refractivity contribution is 5.28. The number of rotatable bonds is 9. The van der Waals surface area contributed by atoms with Gasteiger partial charge in [-0.15, -0.1) is 0 Å². The van der Waals surface area contributed by atoms with Gasteiger partial charge in [0.2, 0.25) is 0 Å². The van der Waals surface area contributed by atoms with Gasteiger partial charge in [-0.05, 0) is 43.0 Å². The predicted octanol–water partition coefficient (Wildman–Crippen LogP) is 3.77. The van der Waals surface area contributed by atoms with Gasteiger partial charge in [-0.1, -0.05) is 38.3 Å². The van der Waals surface area contributed by atoms with Crippen LogP contribution < -0.4 is 10.1 Å². The fraction of sp³-hybridized carbons (Fsp3) is 0.667. The zero-order valence-corrected chi connectivity index (χ0v) is 13.3. The lowest BCUT2D eigenvalue weighted by atomic mass is 9.90. The van der Waals surface area contributed by atoms with Gasteiger partial charge in [-0.25, -0.2) is 0 Å². The highest BCUT2D eigenvalue weighted by Crippen LogP contribution is 2.23. The third-order valence-corrected chi connectivity index (χ3v) is 4.05. The van der Waals surface area contributed by atoms with Crippen LogP contribution in [0.4, 0.5) is 0 Å². The molecule has 0 radical (unpaired) electrons. The monoisotopic (exact) mass is 291 g/mol. The number of ether oxygens (including phenoxy) is 2. The summed E-state index contributed by atoms with van der Waals surface area (Å²) < 4.78 is 11.5. The molecule has 0 aromatic heterocycles. The van der Waals surface area contributed by atoms with Crippen LogP contribution in [0.15, 0.2) is 24.3 Å². The molecule has 1 aromatic rings. The smallest absolute Gasteiger partial charge is 0.119 e. The van der Waals surface area contributed by atoms with E-state index in [0.29, 0.717) is 13.2 Å². The summed E-state index contributed by atoms with van der Waals surface area (Å²) in [4.78, 5) is 0. The molecule has 2 rings (SSSR count). The molecule has 1 N–H and O–H groups in total. The third kappa shape index (κ3) is 6.49. The highest BCUT2D eigenvalue weighted by atomic mass is 16.5. The molecular weight excluding hydrogens is 262 g/mol. The Bertz CT molecular complexity index is 389. The van der Waals surface area contributed by atoms with Crippen LogP contribution >= 0.6 is 0 Å². The first kappa shape index (κ1) is 16.3. The Morgan fingerprint density at radius 1 is 1.14 bits per heavy atom. The van der Waals surface area contributed by atoms with Gasteiger partial charge in [-0.3, -0.25) is 0 Å². The molecule has 21 heavy (non-hydrogen) atoms. The van der Waals surface area contributed by atoms with Crippen LogP contribution in [0.5, 0.6) is 5.75 Å². The Morgan fingerprint density at radius 3 is 2.81 bits per heavy atom. The fourth-order valence-electron chi connectivity index (χ4n) is 2.84. The lowest BCUT2D eigenvalue weighted by Gasteiger charge is -2.21. The largest absolute Gasteiger partial charge is 0.491 e. The average molecular weight is 291 g/mol. The van der Waals surface area contributed by atoms with Crippen LogP contribution in [0, 0.1) is 5.92 Å². The minimum atomic E-state index is 0.636. The molecule has 0 aliphatic heterocycles. The molecule has 0 saturated heterocycles. The summed E-state index contributed by atoms with van der Waals surface area (Å²) in [5.41, 5.74) is 1.26. The zero-order chi connectivity index (χ0) is 14.8. The summed E-state index contributed by atoms with van der Waals surface area (Å²) in [5.74, 6) is 1.72. The lowest BCUT2D eigenvalue weighted by Crippen LogP contribution is -2.16. The summed E-state index contributed by atoms with van der Waals surface area (Å²) >= 11 is 0. The van der Waals surface area contributed by atoms with E-state index in [1.807, 2.05) is 12.1 Å². The van der Waals surface area contributed by atoms with E-state index in [4.69, 9.17) is 9.47 Å². The van der Waals surface area contributed by atoms with Gasteiger partial charge in [0, 0.05) is 13.2 Å². The molecule has 118 valence electrons. The van der Waals surface area contributed by atoms with E-state index in [2.05, 4.69) is 24.4 Å². The number of hydrogen-bond acceptors (Lipinski definition) is 3. The number of benzene rings is 1. The Morgan fingerprint density at radius 2 is 2.00 bits per heavy atom. The van der Waals surface area contributed by atoms with Gasteiger partial charge in [0.25, 0.3) is 0 Å². The second-order valence-electron chi connectivity index (χ2n) is 5.86. The molecule has 0 bridgehead atoms. The second-order valence-corrected chi connectivity index (χ2v) is 5.86. The van der Waals surface area contributed by atoms with Crippen molar-refractivity contribution in [1.82, 2.24) is 5.32 Å². The molecule has 1 aliphatic carbocycles. The SMILES string of the molecule is CCNCc1cccc(OCCOCC2CCCCC2)c1. The van der Waals surface area contributed by atoms with Crippen LogP contribution in [0.1, 0.15) is 44.6 Å². The molecule has 1 aliphatic rings. The quantitative estimate of drug-likeness (QED) is 0.703. The highest BCUT2D eigenvalue weighted by Gasteiger charge is 2.12.